The van der Waals surface area contributed by atoms with Crippen molar-refractivity contribution in [1.82, 2.24) is 0 Å². The predicted molar refractivity (Wildman–Crippen MR) is 74.6 cm³/mol. The molecule has 2 aromatic carbocycles. The molecule has 0 aromatic heterocycles. The molecule has 0 atom stereocenters. The summed E-state index contributed by atoms with van der Waals surface area (Å²) in [7, 11) is 0. The summed E-state index contributed by atoms with van der Waals surface area (Å²) >= 11 is 10.8. The minimum absolute atomic E-state index is 0.292. The number of halogens is 2. The van der Waals surface area contributed by atoms with E-state index in [2.05, 4.69) is 16.9 Å². The Bertz CT molecular complexity index is 555. The van der Waals surface area contributed by atoms with Gasteiger partial charge in [-0.15, -0.1) is 11.6 Å². The van der Waals surface area contributed by atoms with Crippen LogP contribution >= 0.6 is 23.2 Å². The van der Waals surface area contributed by atoms with E-state index in [-0.39, 0.29) is 0 Å². The van der Waals surface area contributed by atoms with Crippen molar-refractivity contribution in [3.8, 4) is 5.75 Å². The van der Waals surface area contributed by atoms with Gasteiger partial charge in [0, 0.05) is 40.5 Å². The first kappa shape index (κ1) is 12.3. The lowest BCUT2D eigenvalue weighted by atomic mass is 10.0. The van der Waals surface area contributed by atoms with Crippen molar-refractivity contribution in [1.29, 1.82) is 0 Å². The Balaban J connectivity index is 0.000000514. The van der Waals surface area contributed by atoms with E-state index in [1.54, 1.807) is 6.07 Å². The minimum atomic E-state index is 0.292. The molecular weight excluding hydrogens is 257 g/mol. The van der Waals surface area contributed by atoms with Gasteiger partial charge in [0.2, 0.25) is 0 Å². The van der Waals surface area contributed by atoms with Crippen LogP contribution in [0.25, 0.3) is 10.8 Å². The molecule has 0 amide bonds. The molecule has 0 bridgehead atoms. The van der Waals surface area contributed by atoms with E-state index in [4.69, 9.17) is 11.6 Å². The highest BCUT2D eigenvalue weighted by atomic mass is 35.5. The highest BCUT2D eigenvalue weighted by Gasteiger charge is 2.17. The Morgan fingerprint density at radius 1 is 1.29 bits per heavy atom. The SMILES string of the molecule is CCl.Oc1cc2c(c3c(Cl)cccc13)CCN2. The summed E-state index contributed by atoms with van der Waals surface area (Å²) in [5, 5.41) is 15.6. The number of aromatic hydroxyl groups is 1. The van der Waals surface area contributed by atoms with Crippen molar-refractivity contribution in [2.24, 2.45) is 0 Å². The quantitative estimate of drug-likeness (QED) is 0.708. The van der Waals surface area contributed by atoms with Crippen molar-refractivity contribution in [2.75, 3.05) is 18.2 Å². The summed E-state index contributed by atoms with van der Waals surface area (Å²) < 4.78 is 0. The second kappa shape index (κ2) is 5.03. The van der Waals surface area contributed by atoms with Gasteiger partial charge in [0.1, 0.15) is 5.75 Å². The summed E-state index contributed by atoms with van der Waals surface area (Å²) in [6, 6.07) is 7.40. The predicted octanol–water partition coefficient (Wildman–Crippen LogP) is 4.02. The van der Waals surface area contributed by atoms with Gasteiger partial charge in [-0.3, -0.25) is 0 Å². The van der Waals surface area contributed by atoms with Gasteiger partial charge in [0.15, 0.2) is 0 Å². The van der Waals surface area contributed by atoms with E-state index in [0.29, 0.717) is 10.8 Å². The van der Waals surface area contributed by atoms with Gasteiger partial charge < -0.3 is 10.4 Å². The van der Waals surface area contributed by atoms with Crippen molar-refractivity contribution in [3.63, 3.8) is 0 Å². The first-order valence-corrected chi connectivity index (χ1v) is 6.45. The molecule has 1 aliphatic rings. The summed E-state index contributed by atoms with van der Waals surface area (Å²) in [6.07, 6.45) is 2.44. The van der Waals surface area contributed by atoms with Crippen molar-refractivity contribution < 1.29 is 5.11 Å². The van der Waals surface area contributed by atoms with Gasteiger partial charge in [0.05, 0.1) is 0 Å². The van der Waals surface area contributed by atoms with E-state index in [9.17, 15) is 5.11 Å². The molecule has 2 aromatic rings. The molecule has 2 nitrogen and oxygen atoms in total. The Hall–Kier alpha value is -1.12. The molecule has 0 radical (unpaired) electrons. The lowest BCUT2D eigenvalue weighted by Crippen LogP contribution is -1.90. The summed E-state index contributed by atoms with van der Waals surface area (Å²) in [4.78, 5) is 0. The van der Waals surface area contributed by atoms with Crippen LogP contribution < -0.4 is 5.32 Å². The number of hydrogen-bond donors (Lipinski definition) is 2. The average Bonchev–Trinajstić information content (AvgIpc) is 2.80. The number of alkyl halides is 1. The number of hydrogen-bond acceptors (Lipinski definition) is 2. The number of fused-ring (bicyclic) bond motifs is 3. The van der Waals surface area contributed by atoms with Crippen LogP contribution in [0.15, 0.2) is 24.3 Å². The molecule has 90 valence electrons. The largest absolute Gasteiger partial charge is 0.507 e. The van der Waals surface area contributed by atoms with Crippen LogP contribution in [0.1, 0.15) is 5.56 Å². The molecule has 3 rings (SSSR count). The van der Waals surface area contributed by atoms with Gasteiger partial charge in [-0.05, 0) is 18.1 Å². The van der Waals surface area contributed by atoms with Crippen LogP contribution in [0.2, 0.25) is 5.02 Å². The Morgan fingerprint density at radius 3 is 2.82 bits per heavy atom. The van der Waals surface area contributed by atoms with Crippen molar-refractivity contribution in [3.05, 3.63) is 34.9 Å². The lowest BCUT2D eigenvalue weighted by Gasteiger charge is -2.08. The van der Waals surface area contributed by atoms with E-state index in [1.807, 2.05) is 18.2 Å². The highest BCUT2D eigenvalue weighted by Crippen LogP contribution is 2.39. The summed E-state index contributed by atoms with van der Waals surface area (Å²) in [5.41, 5.74) is 2.22. The van der Waals surface area contributed by atoms with Crippen molar-refractivity contribution in [2.45, 2.75) is 6.42 Å². The van der Waals surface area contributed by atoms with Gasteiger partial charge in [-0.25, -0.2) is 0 Å². The molecule has 1 aliphatic heterocycles. The van der Waals surface area contributed by atoms with Crippen LogP contribution in [0.4, 0.5) is 5.69 Å². The summed E-state index contributed by atoms with van der Waals surface area (Å²) in [6.45, 7) is 0.916. The second-order valence-electron chi connectivity index (χ2n) is 3.76. The van der Waals surface area contributed by atoms with Gasteiger partial charge >= 0.3 is 0 Å². The smallest absolute Gasteiger partial charge is 0.125 e. The first-order valence-electron chi connectivity index (χ1n) is 5.32. The molecule has 1 heterocycles. The molecule has 0 fully saturated rings. The number of phenolic OH excluding ortho intramolecular Hbond substituents is 1. The number of benzene rings is 2. The van der Waals surface area contributed by atoms with Crippen molar-refractivity contribution >= 4 is 39.7 Å². The number of anilines is 1. The maximum absolute atomic E-state index is 9.86. The maximum atomic E-state index is 9.86. The third kappa shape index (κ3) is 2.03. The zero-order valence-corrected chi connectivity index (χ0v) is 10.9. The van der Waals surface area contributed by atoms with Crippen LogP contribution in [0.5, 0.6) is 5.75 Å². The Labute approximate surface area is 110 Å². The number of phenols is 1. The molecule has 2 N–H and O–H groups in total. The molecule has 17 heavy (non-hydrogen) atoms. The highest BCUT2D eigenvalue weighted by molar-refractivity contribution is 6.36. The van der Waals surface area contributed by atoms with Gasteiger partial charge in [-0.2, -0.15) is 0 Å². The molecule has 0 unspecified atom stereocenters. The zero-order valence-electron chi connectivity index (χ0n) is 9.43. The maximum Gasteiger partial charge on any atom is 0.125 e. The molecule has 0 saturated carbocycles. The first-order chi connectivity index (χ1) is 8.27. The van der Waals surface area contributed by atoms with Crippen LogP contribution in [0, 0.1) is 0 Å². The van der Waals surface area contributed by atoms with E-state index < -0.39 is 0 Å². The molecule has 0 spiro atoms. The van der Waals surface area contributed by atoms with Crippen LogP contribution in [-0.2, 0) is 6.42 Å². The topological polar surface area (TPSA) is 32.3 Å². The minimum Gasteiger partial charge on any atom is -0.507 e. The fourth-order valence-corrected chi connectivity index (χ4v) is 2.51. The molecule has 4 heteroatoms. The summed E-state index contributed by atoms with van der Waals surface area (Å²) in [5.74, 6) is 0.292. The lowest BCUT2D eigenvalue weighted by molar-refractivity contribution is 0.482. The third-order valence-corrected chi connectivity index (χ3v) is 3.20. The van der Waals surface area contributed by atoms with Crippen LogP contribution in [0.3, 0.4) is 0 Å². The molecule has 0 saturated heterocycles. The Kier molecular flexibility index (Phi) is 3.65. The molecular formula is C13H13Cl2NO. The number of nitrogens with one attached hydrogen (secondary N) is 1. The van der Waals surface area contributed by atoms with E-state index in [0.717, 1.165) is 29.4 Å². The third-order valence-electron chi connectivity index (χ3n) is 2.89. The fraction of sp³-hybridized carbons (Fsp3) is 0.231. The standard InChI is InChI=1S/C12H10ClNO.CH3Cl/c13-9-3-1-2-8-11(15)6-10-7(12(8)9)4-5-14-10;1-2/h1-3,6,14-15H,4-5H2;1H3. The Morgan fingerprint density at radius 2 is 2.06 bits per heavy atom. The average molecular weight is 270 g/mol. The fourth-order valence-electron chi connectivity index (χ4n) is 2.22. The molecule has 0 aliphatic carbocycles. The monoisotopic (exact) mass is 269 g/mol. The number of rotatable bonds is 0. The van der Waals surface area contributed by atoms with E-state index >= 15 is 0 Å². The van der Waals surface area contributed by atoms with Crippen LogP contribution in [-0.4, -0.2) is 18.0 Å². The zero-order chi connectivity index (χ0) is 12.4. The van der Waals surface area contributed by atoms with Gasteiger partial charge in [-0.1, -0.05) is 23.7 Å². The normalized spacial score (nSPS) is 12.6. The van der Waals surface area contributed by atoms with E-state index in [1.165, 1.54) is 11.9 Å². The van der Waals surface area contributed by atoms with Gasteiger partial charge in [0.25, 0.3) is 0 Å². The second-order valence-corrected chi connectivity index (χ2v) is 4.17.